The van der Waals surface area contributed by atoms with Crippen LogP contribution in [0.25, 0.3) is 15.7 Å². The molecule has 0 atom stereocenters. The Hall–Kier alpha value is -1.27. The molecule has 0 aliphatic rings. The number of hydrogen-bond donors (Lipinski definition) is 1. The normalized spacial score (nSPS) is 10.0. The maximum Gasteiger partial charge on any atom is 0.188 e. The van der Waals surface area contributed by atoms with Gasteiger partial charge < -0.3 is 4.98 Å². The lowest BCUT2D eigenvalue weighted by Gasteiger charge is -1.90. The van der Waals surface area contributed by atoms with Crippen molar-refractivity contribution >= 4 is 32.5 Å². The van der Waals surface area contributed by atoms with Gasteiger partial charge >= 0.3 is 0 Å². The fourth-order valence-electron chi connectivity index (χ4n) is 1.14. The van der Waals surface area contributed by atoms with Gasteiger partial charge in [0.25, 0.3) is 0 Å². The summed E-state index contributed by atoms with van der Waals surface area (Å²) in [5, 5.41) is 1.06. The van der Waals surface area contributed by atoms with Crippen LogP contribution in [0.5, 0.6) is 0 Å². The molecule has 0 spiro atoms. The van der Waals surface area contributed by atoms with Crippen LogP contribution in [0, 0.1) is 6.57 Å². The lowest BCUT2D eigenvalue weighted by Crippen LogP contribution is -1.65. The lowest BCUT2D eigenvalue weighted by molar-refractivity contribution is 1.47. The second-order valence-corrected chi connectivity index (χ2v) is 3.33. The molecule has 1 aromatic carbocycles. The minimum absolute atomic E-state index is 0.669. The number of hydrogen-bond acceptors (Lipinski definition) is 0. The number of aromatic amines is 1. The van der Waals surface area contributed by atoms with E-state index < -0.39 is 0 Å². The molecule has 0 fully saturated rings. The topological polar surface area (TPSA) is 20.1 Å². The highest BCUT2D eigenvalue weighted by Crippen LogP contribution is 2.27. The molecule has 0 saturated carbocycles. The van der Waals surface area contributed by atoms with E-state index in [1.165, 1.54) is 0 Å². The summed E-state index contributed by atoms with van der Waals surface area (Å²) in [6.07, 6.45) is 1.87. The maximum atomic E-state index is 6.84. The van der Waals surface area contributed by atoms with Crippen molar-refractivity contribution in [3.8, 4) is 0 Å². The molecule has 0 amide bonds. The Morgan fingerprint density at radius 2 is 2.25 bits per heavy atom. The van der Waals surface area contributed by atoms with Crippen LogP contribution in [0.15, 0.2) is 28.9 Å². The third-order valence-electron chi connectivity index (χ3n) is 1.74. The highest BCUT2D eigenvalue weighted by molar-refractivity contribution is 9.10. The zero-order valence-corrected chi connectivity index (χ0v) is 7.72. The quantitative estimate of drug-likeness (QED) is 0.657. The van der Waals surface area contributed by atoms with E-state index in [2.05, 4.69) is 25.8 Å². The van der Waals surface area contributed by atoms with E-state index in [-0.39, 0.29) is 0 Å². The molecular formula is C9H5BrN2. The third-order valence-corrected chi connectivity index (χ3v) is 2.40. The van der Waals surface area contributed by atoms with Gasteiger partial charge in [0.15, 0.2) is 5.69 Å². The van der Waals surface area contributed by atoms with E-state index in [0.717, 1.165) is 15.4 Å². The summed E-state index contributed by atoms with van der Waals surface area (Å²) in [4.78, 5) is 6.45. The van der Waals surface area contributed by atoms with Gasteiger partial charge in [-0.25, -0.2) is 4.85 Å². The molecule has 58 valence electrons. The Balaban J connectivity index is 2.82. The average molecular weight is 221 g/mol. The Bertz CT molecular complexity index is 465. The van der Waals surface area contributed by atoms with Crippen molar-refractivity contribution in [2.75, 3.05) is 0 Å². The Morgan fingerprint density at radius 1 is 1.42 bits per heavy atom. The number of H-pyrrole nitrogens is 1. The van der Waals surface area contributed by atoms with Crippen LogP contribution in [-0.2, 0) is 0 Å². The molecule has 1 N–H and O–H groups in total. The first kappa shape index (κ1) is 7.38. The van der Waals surface area contributed by atoms with Gasteiger partial charge in [-0.05, 0) is 28.1 Å². The Kier molecular flexibility index (Phi) is 1.63. The highest BCUT2D eigenvalue weighted by Gasteiger charge is 2.00. The van der Waals surface area contributed by atoms with Crippen molar-refractivity contribution in [1.29, 1.82) is 0 Å². The van der Waals surface area contributed by atoms with Gasteiger partial charge in [0.1, 0.15) is 0 Å². The summed E-state index contributed by atoms with van der Waals surface area (Å²) in [7, 11) is 0. The molecule has 3 heteroatoms. The minimum atomic E-state index is 0.669. The van der Waals surface area contributed by atoms with Crippen LogP contribution >= 0.6 is 15.9 Å². The van der Waals surface area contributed by atoms with E-state index in [4.69, 9.17) is 6.57 Å². The number of fused-ring (bicyclic) bond motifs is 1. The zero-order valence-electron chi connectivity index (χ0n) is 6.13. The van der Waals surface area contributed by atoms with Crippen LogP contribution in [0.2, 0.25) is 0 Å². The summed E-state index contributed by atoms with van der Waals surface area (Å²) >= 11 is 3.40. The van der Waals surface area contributed by atoms with Crippen molar-refractivity contribution < 1.29 is 0 Å². The van der Waals surface area contributed by atoms with Gasteiger partial charge in [-0.3, -0.25) is 0 Å². The second kappa shape index (κ2) is 2.65. The van der Waals surface area contributed by atoms with Gasteiger partial charge in [-0.2, -0.15) is 0 Å². The smallest absolute Gasteiger partial charge is 0.188 e. The fourth-order valence-corrected chi connectivity index (χ4v) is 1.59. The molecule has 2 aromatic rings. The largest absolute Gasteiger partial charge is 0.360 e. The maximum absolute atomic E-state index is 6.84. The van der Waals surface area contributed by atoms with Crippen LogP contribution in [0.1, 0.15) is 0 Å². The summed E-state index contributed by atoms with van der Waals surface area (Å²) < 4.78 is 1.00. The van der Waals surface area contributed by atoms with Gasteiger partial charge in [0, 0.05) is 21.6 Å². The third kappa shape index (κ3) is 1.01. The van der Waals surface area contributed by atoms with Crippen LogP contribution < -0.4 is 0 Å². The first-order valence-corrected chi connectivity index (χ1v) is 4.24. The van der Waals surface area contributed by atoms with Gasteiger partial charge in [0.05, 0.1) is 6.57 Å². The molecular weight excluding hydrogens is 216 g/mol. The summed E-state index contributed by atoms with van der Waals surface area (Å²) in [5.41, 5.74) is 1.72. The monoisotopic (exact) mass is 220 g/mol. The second-order valence-electron chi connectivity index (χ2n) is 2.48. The Labute approximate surface area is 78.2 Å². The highest BCUT2D eigenvalue weighted by atomic mass is 79.9. The zero-order chi connectivity index (χ0) is 8.55. The van der Waals surface area contributed by atoms with Crippen molar-refractivity contribution in [2.24, 2.45) is 0 Å². The molecule has 0 bridgehead atoms. The van der Waals surface area contributed by atoms with E-state index in [9.17, 15) is 0 Å². The predicted octanol–water partition coefficient (Wildman–Crippen LogP) is 3.48. The predicted molar refractivity (Wildman–Crippen MR) is 52.3 cm³/mol. The first-order chi connectivity index (χ1) is 5.81. The van der Waals surface area contributed by atoms with Crippen molar-refractivity contribution in [3.63, 3.8) is 0 Å². The standard InChI is InChI=1S/C9H5BrN2/c1-11-6-2-3-9-7(4-6)8(10)5-12-9/h2-5,12H. The summed E-state index contributed by atoms with van der Waals surface area (Å²) in [6.45, 7) is 6.84. The average Bonchev–Trinajstić information content (AvgIpc) is 2.47. The molecule has 1 heterocycles. The number of nitrogens with one attached hydrogen (secondary N) is 1. The first-order valence-electron chi connectivity index (χ1n) is 3.45. The molecule has 12 heavy (non-hydrogen) atoms. The number of halogens is 1. The van der Waals surface area contributed by atoms with Crippen LogP contribution in [0.3, 0.4) is 0 Å². The van der Waals surface area contributed by atoms with E-state index in [1.54, 1.807) is 6.07 Å². The fraction of sp³-hybridized carbons (Fsp3) is 0. The molecule has 2 nitrogen and oxygen atoms in total. The molecule has 0 unspecified atom stereocenters. The molecule has 0 aliphatic heterocycles. The van der Waals surface area contributed by atoms with E-state index in [1.807, 2.05) is 18.3 Å². The number of nitrogens with zero attached hydrogens (tertiary/aromatic N) is 1. The van der Waals surface area contributed by atoms with E-state index >= 15 is 0 Å². The van der Waals surface area contributed by atoms with Gasteiger partial charge in [-0.15, -0.1) is 0 Å². The SMILES string of the molecule is [C-]#[N+]c1ccc2[nH]cc(Br)c2c1. The number of benzene rings is 1. The number of aromatic nitrogens is 1. The summed E-state index contributed by atoms with van der Waals surface area (Å²) in [5.74, 6) is 0. The molecule has 1 aromatic heterocycles. The molecule has 2 rings (SSSR count). The van der Waals surface area contributed by atoms with E-state index in [0.29, 0.717) is 5.69 Å². The lowest BCUT2D eigenvalue weighted by atomic mass is 10.2. The summed E-state index contributed by atoms with van der Waals surface area (Å²) in [6, 6.07) is 5.58. The van der Waals surface area contributed by atoms with Crippen molar-refractivity contribution in [3.05, 3.63) is 40.3 Å². The molecule has 0 radical (unpaired) electrons. The van der Waals surface area contributed by atoms with Gasteiger partial charge in [-0.1, -0.05) is 6.07 Å². The minimum Gasteiger partial charge on any atom is -0.360 e. The van der Waals surface area contributed by atoms with Gasteiger partial charge in [0.2, 0.25) is 0 Å². The van der Waals surface area contributed by atoms with Crippen molar-refractivity contribution in [2.45, 2.75) is 0 Å². The van der Waals surface area contributed by atoms with Crippen LogP contribution in [0.4, 0.5) is 5.69 Å². The molecule has 0 saturated heterocycles. The molecule has 0 aliphatic carbocycles. The van der Waals surface area contributed by atoms with Crippen molar-refractivity contribution in [1.82, 2.24) is 4.98 Å². The van der Waals surface area contributed by atoms with Crippen LogP contribution in [-0.4, -0.2) is 4.98 Å². The number of rotatable bonds is 0. The Morgan fingerprint density at radius 3 is 3.00 bits per heavy atom.